The predicted octanol–water partition coefficient (Wildman–Crippen LogP) is 8.31. The van der Waals surface area contributed by atoms with Crippen LogP contribution in [0.15, 0.2) is 22.8 Å². The molecule has 7 atom stereocenters. The van der Waals surface area contributed by atoms with E-state index in [1.165, 1.54) is 44.1 Å². The third kappa shape index (κ3) is 4.40. The van der Waals surface area contributed by atoms with Crippen LogP contribution >= 0.6 is 0 Å². The summed E-state index contributed by atoms with van der Waals surface area (Å²) in [7, 11) is -4.45. The second kappa shape index (κ2) is 8.98. The van der Waals surface area contributed by atoms with Crippen LogP contribution in [0.1, 0.15) is 120 Å². The molecule has 5 heteroatoms. The fraction of sp³-hybridized carbons (Fsp3) is 0.867. The van der Waals surface area contributed by atoms with Gasteiger partial charge in [0.25, 0.3) is 0 Å². The predicted molar refractivity (Wildman–Crippen MR) is 143 cm³/mol. The van der Waals surface area contributed by atoms with E-state index in [1.54, 1.807) is 11.1 Å². The van der Waals surface area contributed by atoms with Crippen LogP contribution in [-0.2, 0) is 14.6 Å². The number of hydrogen-bond donors (Lipinski definition) is 1. The maximum atomic E-state index is 11.6. The molecular formula is C30H50O4S. The first-order chi connectivity index (χ1) is 16.1. The molecule has 0 spiro atoms. The molecule has 4 nitrogen and oxygen atoms in total. The van der Waals surface area contributed by atoms with Crippen molar-refractivity contribution in [1.82, 2.24) is 0 Å². The highest BCUT2D eigenvalue weighted by molar-refractivity contribution is 7.80. The van der Waals surface area contributed by atoms with Gasteiger partial charge in [0.05, 0.1) is 6.10 Å². The van der Waals surface area contributed by atoms with Crippen LogP contribution in [0, 0.1) is 39.4 Å². The fourth-order valence-electron chi connectivity index (χ4n) is 9.77. The van der Waals surface area contributed by atoms with E-state index in [4.69, 9.17) is 4.18 Å². The van der Waals surface area contributed by atoms with Gasteiger partial charge in [0.2, 0.25) is 0 Å². The average Bonchev–Trinajstić information content (AvgIpc) is 3.01. The first-order valence-corrected chi connectivity index (χ1v) is 15.4. The zero-order chi connectivity index (χ0) is 26.0. The summed E-state index contributed by atoms with van der Waals surface area (Å²) in [6.45, 7) is 18.9. The van der Waals surface area contributed by atoms with Crippen LogP contribution in [0.25, 0.3) is 0 Å². The van der Waals surface area contributed by atoms with Crippen molar-refractivity contribution in [2.45, 2.75) is 126 Å². The molecule has 0 amide bonds. The van der Waals surface area contributed by atoms with Crippen LogP contribution in [0.4, 0.5) is 0 Å². The fourth-order valence-corrected chi connectivity index (χ4v) is 10.4. The van der Waals surface area contributed by atoms with Gasteiger partial charge in [0.1, 0.15) is 0 Å². The molecule has 0 aliphatic heterocycles. The molecular weight excluding hydrogens is 456 g/mol. The van der Waals surface area contributed by atoms with E-state index in [9.17, 15) is 13.0 Å². The van der Waals surface area contributed by atoms with Crippen molar-refractivity contribution in [3.05, 3.63) is 22.8 Å². The van der Waals surface area contributed by atoms with Gasteiger partial charge >= 0.3 is 10.4 Å². The Morgan fingerprint density at radius 2 is 1.71 bits per heavy atom. The summed E-state index contributed by atoms with van der Waals surface area (Å²) in [5.74, 6) is 1.90. The zero-order valence-electron chi connectivity index (χ0n) is 23.5. The van der Waals surface area contributed by atoms with E-state index >= 15 is 0 Å². The number of fused-ring (bicyclic) bond motifs is 4. The molecule has 0 heterocycles. The van der Waals surface area contributed by atoms with Crippen molar-refractivity contribution in [3.8, 4) is 0 Å². The maximum absolute atomic E-state index is 11.6. The zero-order valence-corrected chi connectivity index (χ0v) is 24.4. The Morgan fingerprint density at radius 1 is 1.03 bits per heavy atom. The second-order valence-electron chi connectivity index (χ2n) is 14.1. The van der Waals surface area contributed by atoms with Gasteiger partial charge in [-0.15, -0.1) is 0 Å². The number of hydrogen-bond acceptors (Lipinski definition) is 3. The van der Waals surface area contributed by atoms with E-state index in [2.05, 4.69) is 61.5 Å². The lowest BCUT2D eigenvalue weighted by atomic mass is 9.43. The van der Waals surface area contributed by atoms with Crippen molar-refractivity contribution >= 4 is 10.4 Å². The molecule has 0 saturated heterocycles. The van der Waals surface area contributed by atoms with Crippen molar-refractivity contribution in [2.75, 3.05) is 0 Å². The summed E-state index contributed by atoms with van der Waals surface area (Å²) in [5, 5.41) is 0. The standard InChI is InChI=1S/C30H50O4S/c1-20(2)10-9-11-21(3)22-14-18-30(8)24-12-13-25-27(4,5)26(34-35(31,32)33)16-17-28(25,6)23(24)15-19-29(22,30)7/h10,21-22,25-26H,9,11-19H2,1-8H3,(H,31,32,33)/t21-,22-,25?,26?,28-,29-,30+/m1/s1. The molecule has 4 aliphatic carbocycles. The molecule has 0 aromatic rings. The molecule has 0 bridgehead atoms. The topological polar surface area (TPSA) is 63.6 Å². The highest BCUT2D eigenvalue weighted by atomic mass is 32.3. The van der Waals surface area contributed by atoms with Crippen LogP contribution in [0.5, 0.6) is 0 Å². The Bertz CT molecular complexity index is 1000. The first kappa shape index (κ1) is 27.4. The summed E-state index contributed by atoms with van der Waals surface area (Å²) >= 11 is 0. The lowest BCUT2D eigenvalue weighted by Gasteiger charge is -2.62. The molecule has 4 aliphatic rings. The SMILES string of the molecule is CC(C)=CCC[C@@H](C)[C@H]1CC[C@@]2(C)C3=C(CC[C@]12C)[C@@]1(C)CCC(OS(=O)(=O)O)C(C)(C)C1CC3. The molecule has 35 heavy (non-hydrogen) atoms. The number of allylic oxidation sites excluding steroid dienone is 4. The molecule has 4 rings (SSSR count). The minimum Gasteiger partial charge on any atom is -0.264 e. The van der Waals surface area contributed by atoms with Crippen molar-refractivity contribution < 1.29 is 17.2 Å². The maximum Gasteiger partial charge on any atom is 0.397 e. The van der Waals surface area contributed by atoms with Crippen molar-refractivity contribution in [3.63, 3.8) is 0 Å². The minimum absolute atomic E-state index is 0.0909. The van der Waals surface area contributed by atoms with Gasteiger partial charge in [-0.2, -0.15) is 8.42 Å². The molecule has 0 radical (unpaired) electrons. The molecule has 1 N–H and O–H groups in total. The third-order valence-corrected chi connectivity index (χ3v) is 12.3. The summed E-state index contributed by atoms with van der Waals surface area (Å²) in [6, 6.07) is 0. The lowest BCUT2D eigenvalue weighted by Crippen LogP contribution is -2.55. The van der Waals surface area contributed by atoms with E-state index < -0.39 is 16.5 Å². The Hall–Kier alpha value is -0.650. The van der Waals surface area contributed by atoms with Crippen LogP contribution < -0.4 is 0 Å². The van der Waals surface area contributed by atoms with Gasteiger partial charge in [-0.1, -0.05) is 64.3 Å². The largest absolute Gasteiger partial charge is 0.397 e. The van der Waals surface area contributed by atoms with E-state index in [-0.39, 0.29) is 16.2 Å². The summed E-state index contributed by atoms with van der Waals surface area (Å²) in [6.07, 6.45) is 13.4. The lowest BCUT2D eigenvalue weighted by molar-refractivity contribution is -0.0861. The van der Waals surface area contributed by atoms with Crippen molar-refractivity contribution in [2.24, 2.45) is 39.4 Å². The van der Waals surface area contributed by atoms with Crippen molar-refractivity contribution in [1.29, 1.82) is 0 Å². The van der Waals surface area contributed by atoms with Gasteiger partial charge in [-0.3, -0.25) is 4.55 Å². The normalized spacial score (nSPS) is 41.6. The summed E-state index contributed by atoms with van der Waals surface area (Å²) in [5.41, 5.74) is 5.31. The van der Waals surface area contributed by atoms with Gasteiger partial charge < -0.3 is 0 Å². The van der Waals surface area contributed by atoms with Crippen LogP contribution in [0.2, 0.25) is 0 Å². The molecule has 0 aromatic heterocycles. The van der Waals surface area contributed by atoms with Crippen LogP contribution in [-0.4, -0.2) is 19.1 Å². The molecule has 0 aromatic carbocycles. The highest BCUT2D eigenvalue weighted by Crippen LogP contribution is 2.72. The number of rotatable bonds is 6. The monoisotopic (exact) mass is 506 g/mol. The second-order valence-corrected chi connectivity index (χ2v) is 15.1. The Kier molecular flexibility index (Phi) is 7.02. The quantitative estimate of drug-likeness (QED) is 0.291. The summed E-state index contributed by atoms with van der Waals surface area (Å²) in [4.78, 5) is 0. The average molecular weight is 507 g/mol. The van der Waals surface area contributed by atoms with Gasteiger partial charge in [-0.25, -0.2) is 4.18 Å². The Labute approximate surface area is 215 Å². The Morgan fingerprint density at radius 3 is 2.34 bits per heavy atom. The molecule has 2 saturated carbocycles. The van der Waals surface area contributed by atoms with E-state index in [0.717, 1.165) is 31.1 Å². The van der Waals surface area contributed by atoms with E-state index in [1.807, 2.05) is 0 Å². The molecule has 2 unspecified atom stereocenters. The minimum atomic E-state index is -4.45. The highest BCUT2D eigenvalue weighted by Gasteiger charge is 2.63. The van der Waals surface area contributed by atoms with Crippen LogP contribution in [0.3, 0.4) is 0 Å². The molecule has 200 valence electrons. The third-order valence-electron chi connectivity index (χ3n) is 11.9. The Balaban J connectivity index is 1.63. The smallest absolute Gasteiger partial charge is 0.264 e. The summed E-state index contributed by atoms with van der Waals surface area (Å²) < 4.78 is 37.8. The van der Waals surface area contributed by atoms with E-state index in [0.29, 0.717) is 17.8 Å². The van der Waals surface area contributed by atoms with Gasteiger partial charge in [0.15, 0.2) is 0 Å². The molecule has 2 fully saturated rings. The first-order valence-electron chi connectivity index (χ1n) is 14.1. The van der Waals surface area contributed by atoms with Gasteiger partial charge in [0, 0.05) is 0 Å². The van der Waals surface area contributed by atoms with Gasteiger partial charge in [-0.05, 0) is 117 Å².